The normalized spacial score (nSPS) is 10.6. The number of furan rings is 1. The number of anilines is 1. The molecule has 0 radical (unpaired) electrons. The number of amides is 1. The van der Waals surface area contributed by atoms with Crippen LogP contribution in [-0.2, 0) is 6.61 Å². The summed E-state index contributed by atoms with van der Waals surface area (Å²) < 4.78 is 11.6. The van der Waals surface area contributed by atoms with Crippen molar-refractivity contribution >= 4 is 11.6 Å². The van der Waals surface area contributed by atoms with Gasteiger partial charge in [0.15, 0.2) is 5.76 Å². The van der Waals surface area contributed by atoms with Gasteiger partial charge in [-0.25, -0.2) is 0 Å². The molecule has 3 aromatic carbocycles. The van der Waals surface area contributed by atoms with Crippen LogP contribution in [0.15, 0.2) is 89.3 Å². The number of carbonyl (C=O) groups excluding carboxylic acids is 1. The van der Waals surface area contributed by atoms with Gasteiger partial charge < -0.3 is 14.5 Å². The molecule has 1 aromatic heterocycles. The van der Waals surface area contributed by atoms with E-state index in [1.807, 2.05) is 74.5 Å². The fourth-order valence-corrected chi connectivity index (χ4v) is 3.32. The van der Waals surface area contributed by atoms with Crippen LogP contribution in [0.25, 0.3) is 11.1 Å². The second kappa shape index (κ2) is 8.70. The van der Waals surface area contributed by atoms with E-state index in [1.165, 1.54) is 0 Å². The third-order valence-electron chi connectivity index (χ3n) is 4.90. The Kier molecular flexibility index (Phi) is 5.66. The van der Waals surface area contributed by atoms with Gasteiger partial charge in [0.05, 0.1) is 0 Å². The zero-order valence-corrected chi connectivity index (χ0v) is 17.0. The second-order valence-corrected chi connectivity index (χ2v) is 7.17. The van der Waals surface area contributed by atoms with Crippen LogP contribution in [0.1, 0.15) is 27.4 Å². The fraction of sp³-hybridized carbons (Fsp3) is 0.115. The third-order valence-corrected chi connectivity index (χ3v) is 4.90. The molecule has 0 aliphatic heterocycles. The molecular weight excluding hydrogens is 374 g/mol. The highest BCUT2D eigenvalue weighted by molar-refractivity contribution is 6.02. The monoisotopic (exact) mass is 397 g/mol. The predicted octanol–water partition coefficient (Wildman–Crippen LogP) is 6.39. The number of benzene rings is 3. The topological polar surface area (TPSA) is 51.5 Å². The molecule has 1 heterocycles. The van der Waals surface area contributed by atoms with Crippen molar-refractivity contribution in [2.75, 3.05) is 5.32 Å². The summed E-state index contributed by atoms with van der Waals surface area (Å²) in [6.07, 6.45) is 0. The standard InChI is InChI=1S/C26H23NO3/c1-18-7-6-8-19(2)25(18)29-17-23-15-16-24(30-23)26(28)27-22-13-11-21(12-14-22)20-9-4-3-5-10-20/h3-16H,17H2,1-2H3,(H,27,28). The molecule has 4 nitrogen and oxygen atoms in total. The maximum absolute atomic E-state index is 12.5. The van der Waals surface area contributed by atoms with Crippen LogP contribution in [0.4, 0.5) is 5.69 Å². The minimum absolute atomic E-state index is 0.252. The van der Waals surface area contributed by atoms with E-state index in [1.54, 1.807) is 12.1 Å². The SMILES string of the molecule is Cc1cccc(C)c1OCc1ccc(C(=O)Nc2ccc(-c3ccccc3)cc2)o1. The van der Waals surface area contributed by atoms with E-state index in [0.717, 1.165) is 28.0 Å². The quantitative estimate of drug-likeness (QED) is 0.410. The second-order valence-electron chi connectivity index (χ2n) is 7.17. The molecule has 4 heteroatoms. The van der Waals surface area contributed by atoms with E-state index in [9.17, 15) is 4.79 Å². The predicted molar refractivity (Wildman–Crippen MR) is 119 cm³/mol. The molecule has 0 saturated heterocycles. The molecule has 0 unspecified atom stereocenters. The molecule has 0 fully saturated rings. The summed E-state index contributed by atoms with van der Waals surface area (Å²) in [5, 5.41) is 2.87. The first-order valence-corrected chi connectivity index (χ1v) is 9.85. The van der Waals surface area contributed by atoms with Gasteiger partial charge in [-0.15, -0.1) is 0 Å². The number of hydrogen-bond acceptors (Lipinski definition) is 3. The molecule has 30 heavy (non-hydrogen) atoms. The lowest BCUT2D eigenvalue weighted by molar-refractivity contribution is 0.0992. The van der Waals surface area contributed by atoms with Crippen LogP contribution in [0.2, 0.25) is 0 Å². The summed E-state index contributed by atoms with van der Waals surface area (Å²) in [7, 11) is 0. The number of carbonyl (C=O) groups is 1. The van der Waals surface area contributed by atoms with Gasteiger partial charge in [-0.3, -0.25) is 4.79 Å². The first-order valence-electron chi connectivity index (χ1n) is 9.85. The minimum Gasteiger partial charge on any atom is -0.485 e. The summed E-state index contributed by atoms with van der Waals surface area (Å²) in [5.74, 6) is 1.41. The van der Waals surface area contributed by atoms with E-state index in [4.69, 9.17) is 9.15 Å². The minimum atomic E-state index is -0.291. The average molecular weight is 397 g/mol. The number of aryl methyl sites for hydroxylation is 2. The summed E-state index contributed by atoms with van der Waals surface area (Å²) in [4.78, 5) is 12.5. The summed E-state index contributed by atoms with van der Waals surface area (Å²) in [5.41, 5.74) is 5.08. The molecule has 0 aliphatic carbocycles. The smallest absolute Gasteiger partial charge is 0.291 e. The molecule has 0 spiro atoms. The lowest BCUT2D eigenvalue weighted by Crippen LogP contribution is -2.10. The van der Waals surface area contributed by atoms with Gasteiger partial charge >= 0.3 is 0 Å². The Morgan fingerprint density at radius 3 is 2.17 bits per heavy atom. The number of hydrogen-bond donors (Lipinski definition) is 1. The van der Waals surface area contributed by atoms with Crippen LogP contribution in [0.3, 0.4) is 0 Å². The van der Waals surface area contributed by atoms with Crippen LogP contribution < -0.4 is 10.1 Å². The van der Waals surface area contributed by atoms with Crippen LogP contribution in [0.5, 0.6) is 5.75 Å². The summed E-state index contributed by atoms with van der Waals surface area (Å²) in [6, 6.07) is 27.3. The lowest BCUT2D eigenvalue weighted by atomic mass is 10.1. The fourth-order valence-electron chi connectivity index (χ4n) is 3.32. The molecule has 0 saturated carbocycles. The molecule has 1 amide bonds. The van der Waals surface area contributed by atoms with Crippen molar-refractivity contribution in [3.8, 4) is 16.9 Å². The molecule has 150 valence electrons. The van der Waals surface area contributed by atoms with Crippen molar-refractivity contribution < 1.29 is 13.9 Å². The van der Waals surface area contributed by atoms with E-state index in [0.29, 0.717) is 11.4 Å². The van der Waals surface area contributed by atoms with Crippen LogP contribution in [0, 0.1) is 13.8 Å². The Hall–Kier alpha value is -3.79. The number of ether oxygens (including phenoxy) is 1. The van der Waals surface area contributed by atoms with E-state index >= 15 is 0 Å². The van der Waals surface area contributed by atoms with Crippen molar-refractivity contribution in [3.05, 3.63) is 108 Å². The molecule has 0 bridgehead atoms. The van der Waals surface area contributed by atoms with Gasteiger partial charge in [0.2, 0.25) is 0 Å². The first kappa shape index (κ1) is 19.5. The van der Waals surface area contributed by atoms with Gasteiger partial charge in [0, 0.05) is 5.69 Å². The van der Waals surface area contributed by atoms with Crippen molar-refractivity contribution in [1.29, 1.82) is 0 Å². The lowest BCUT2D eigenvalue weighted by Gasteiger charge is -2.10. The Morgan fingerprint density at radius 2 is 1.47 bits per heavy atom. The zero-order valence-electron chi connectivity index (χ0n) is 17.0. The molecule has 0 aliphatic rings. The zero-order chi connectivity index (χ0) is 20.9. The van der Waals surface area contributed by atoms with Crippen molar-refractivity contribution in [2.24, 2.45) is 0 Å². The summed E-state index contributed by atoms with van der Waals surface area (Å²) in [6.45, 7) is 4.28. The Labute approximate surface area is 176 Å². The maximum atomic E-state index is 12.5. The van der Waals surface area contributed by atoms with Crippen molar-refractivity contribution in [3.63, 3.8) is 0 Å². The Balaban J connectivity index is 1.38. The van der Waals surface area contributed by atoms with Crippen molar-refractivity contribution in [1.82, 2.24) is 0 Å². The van der Waals surface area contributed by atoms with E-state index in [-0.39, 0.29) is 18.3 Å². The Morgan fingerprint density at radius 1 is 0.800 bits per heavy atom. The van der Waals surface area contributed by atoms with Gasteiger partial charge in [-0.1, -0.05) is 60.7 Å². The van der Waals surface area contributed by atoms with Gasteiger partial charge in [-0.05, 0) is 60.4 Å². The highest BCUT2D eigenvalue weighted by Gasteiger charge is 2.13. The highest BCUT2D eigenvalue weighted by atomic mass is 16.5. The Bertz CT molecular complexity index is 1120. The highest BCUT2D eigenvalue weighted by Crippen LogP contribution is 2.24. The van der Waals surface area contributed by atoms with E-state index < -0.39 is 0 Å². The number of nitrogens with one attached hydrogen (secondary N) is 1. The summed E-state index contributed by atoms with van der Waals surface area (Å²) >= 11 is 0. The largest absolute Gasteiger partial charge is 0.485 e. The molecule has 0 atom stereocenters. The van der Waals surface area contributed by atoms with Gasteiger partial charge in [0.1, 0.15) is 18.1 Å². The molecule has 4 aromatic rings. The van der Waals surface area contributed by atoms with E-state index in [2.05, 4.69) is 17.4 Å². The number of para-hydroxylation sites is 1. The van der Waals surface area contributed by atoms with Crippen LogP contribution in [-0.4, -0.2) is 5.91 Å². The number of rotatable bonds is 6. The first-order chi connectivity index (χ1) is 14.6. The van der Waals surface area contributed by atoms with Crippen LogP contribution >= 0.6 is 0 Å². The van der Waals surface area contributed by atoms with Crippen molar-refractivity contribution in [2.45, 2.75) is 20.5 Å². The van der Waals surface area contributed by atoms with Gasteiger partial charge in [-0.2, -0.15) is 0 Å². The molecular formula is C26H23NO3. The molecule has 1 N–H and O–H groups in total. The maximum Gasteiger partial charge on any atom is 0.291 e. The average Bonchev–Trinajstić information content (AvgIpc) is 3.24. The third kappa shape index (κ3) is 4.44. The van der Waals surface area contributed by atoms with Gasteiger partial charge in [0.25, 0.3) is 5.91 Å². The molecule has 4 rings (SSSR count).